The van der Waals surface area contributed by atoms with Crippen molar-refractivity contribution in [3.63, 3.8) is 0 Å². The molecular formula is C16H14ClN3O3S2. The highest BCUT2D eigenvalue weighted by atomic mass is 35.5. The number of halogens is 1. The molecule has 2 heterocycles. The SMILES string of the molecule is Cc1cc(NS(=O)(=O)c2cccc(Cl)c2)c2c(C(N)=O)c(C)sc2n1. The summed E-state index contributed by atoms with van der Waals surface area (Å²) in [6.45, 7) is 3.49. The third kappa shape index (κ3) is 3.33. The maximum absolute atomic E-state index is 12.7. The molecule has 0 aliphatic heterocycles. The average Bonchev–Trinajstić information content (AvgIpc) is 2.83. The van der Waals surface area contributed by atoms with Crippen molar-refractivity contribution < 1.29 is 13.2 Å². The normalized spacial score (nSPS) is 11.6. The van der Waals surface area contributed by atoms with E-state index in [1.807, 2.05) is 0 Å². The van der Waals surface area contributed by atoms with Crippen LogP contribution in [0.2, 0.25) is 5.02 Å². The first-order valence-electron chi connectivity index (χ1n) is 7.18. The molecule has 0 radical (unpaired) electrons. The summed E-state index contributed by atoms with van der Waals surface area (Å²) in [7, 11) is -3.89. The van der Waals surface area contributed by atoms with Gasteiger partial charge in [-0.3, -0.25) is 9.52 Å². The van der Waals surface area contributed by atoms with Gasteiger partial charge in [-0.05, 0) is 38.1 Å². The van der Waals surface area contributed by atoms with Gasteiger partial charge in [0.25, 0.3) is 15.9 Å². The van der Waals surface area contributed by atoms with Crippen LogP contribution in [0.1, 0.15) is 20.9 Å². The van der Waals surface area contributed by atoms with Gasteiger partial charge in [-0.25, -0.2) is 13.4 Å². The summed E-state index contributed by atoms with van der Waals surface area (Å²) >= 11 is 7.17. The quantitative estimate of drug-likeness (QED) is 0.705. The number of fused-ring (bicyclic) bond motifs is 1. The smallest absolute Gasteiger partial charge is 0.261 e. The van der Waals surface area contributed by atoms with Crippen LogP contribution in [0, 0.1) is 13.8 Å². The Kier molecular flexibility index (Phi) is 4.44. The Bertz CT molecular complexity index is 1110. The van der Waals surface area contributed by atoms with E-state index in [-0.39, 0.29) is 16.1 Å². The molecule has 0 atom stereocenters. The molecule has 9 heteroatoms. The fraction of sp³-hybridized carbons (Fsp3) is 0.125. The minimum absolute atomic E-state index is 0.0233. The molecule has 0 bridgehead atoms. The molecule has 0 unspecified atom stereocenters. The van der Waals surface area contributed by atoms with Gasteiger partial charge < -0.3 is 5.73 Å². The van der Waals surface area contributed by atoms with Gasteiger partial charge in [0.05, 0.1) is 16.1 Å². The van der Waals surface area contributed by atoms with E-state index in [0.29, 0.717) is 25.8 Å². The largest absolute Gasteiger partial charge is 0.366 e. The molecule has 3 rings (SSSR count). The predicted octanol–water partition coefficient (Wildman–Crippen LogP) is 3.47. The number of rotatable bonds is 4. The number of benzene rings is 1. The Morgan fingerprint density at radius 2 is 2.00 bits per heavy atom. The molecule has 3 N–H and O–H groups in total. The Balaban J connectivity index is 2.20. The van der Waals surface area contributed by atoms with E-state index in [1.165, 1.54) is 23.5 Å². The lowest BCUT2D eigenvalue weighted by Crippen LogP contribution is -2.15. The minimum Gasteiger partial charge on any atom is -0.366 e. The molecule has 130 valence electrons. The number of sulfonamides is 1. The number of carbonyl (C=O) groups is 1. The first-order chi connectivity index (χ1) is 11.7. The molecule has 0 saturated carbocycles. The summed E-state index contributed by atoms with van der Waals surface area (Å²) in [6, 6.07) is 7.50. The van der Waals surface area contributed by atoms with Crippen LogP contribution in [0.5, 0.6) is 0 Å². The monoisotopic (exact) mass is 395 g/mol. The molecule has 0 fully saturated rings. The van der Waals surface area contributed by atoms with Crippen LogP contribution in [0.15, 0.2) is 35.2 Å². The summed E-state index contributed by atoms with van der Waals surface area (Å²) in [5.74, 6) is -0.627. The summed E-state index contributed by atoms with van der Waals surface area (Å²) in [5.41, 5.74) is 6.63. The molecule has 1 amide bonds. The first kappa shape index (κ1) is 17.7. The van der Waals surface area contributed by atoms with Crippen molar-refractivity contribution in [1.82, 2.24) is 4.98 Å². The van der Waals surface area contributed by atoms with Crippen molar-refractivity contribution >= 4 is 54.8 Å². The fourth-order valence-corrected chi connectivity index (χ4v) is 5.01. The van der Waals surface area contributed by atoms with Gasteiger partial charge in [-0.1, -0.05) is 17.7 Å². The van der Waals surface area contributed by atoms with Gasteiger partial charge in [0.15, 0.2) is 0 Å². The summed E-state index contributed by atoms with van der Waals surface area (Å²) in [5, 5.41) is 0.717. The Hall–Kier alpha value is -2.16. The lowest BCUT2D eigenvalue weighted by molar-refractivity contribution is 0.100. The average molecular weight is 396 g/mol. The Labute approximate surface area is 153 Å². The zero-order chi connectivity index (χ0) is 18.4. The van der Waals surface area contributed by atoms with Crippen LogP contribution < -0.4 is 10.5 Å². The molecule has 25 heavy (non-hydrogen) atoms. The number of pyridine rings is 1. The number of hydrogen-bond donors (Lipinski definition) is 2. The molecule has 6 nitrogen and oxygen atoms in total. The molecular weight excluding hydrogens is 382 g/mol. The van der Waals surface area contributed by atoms with Crippen molar-refractivity contribution in [3.05, 3.63) is 51.5 Å². The van der Waals surface area contributed by atoms with Gasteiger partial charge in [0.1, 0.15) is 4.83 Å². The summed E-state index contributed by atoms with van der Waals surface area (Å²) < 4.78 is 27.9. The van der Waals surface area contributed by atoms with Crippen molar-refractivity contribution in [2.24, 2.45) is 5.73 Å². The Morgan fingerprint density at radius 1 is 1.28 bits per heavy atom. The van der Waals surface area contributed by atoms with E-state index in [9.17, 15) is 13.2 Å². The maximum atomic E-state index is 12.7. The molecule has 0 aliphatic carbocycles. The van der Waals surface area contributed by atoms with Gasteiger partial charge in [0.2, 0.25) is 0 Å². The second-order valence-electron chi connectivity index (χ2n) is 5.45. The van der Waals surface area contributed by atoms with Gasteiger partial charge in [-0.2, -0.15) is 0 Å². The number of carbonyl (C=O) groups excluding carboxylic acids is 1. The van der Waals surface area contributed by atoms with Crippen molar-refractivity contribution in [1.29, 1.82) is 0 Å². The van der Waals surface area contributed by atoms with E-state index in [4.69, 9.17) is 17.3 Å². The molecule has 1 aromatic carbocycles. The highest BCUT2D eigenvalue weighted by Crippen LogP contribution is 2.36. The number of nitrogens with one attached hydrogen (secondary N) is 1. The van der Waals surface area contributed by atoms with E-state index in [0.717, 1.165) is 0 Å². The topological polar surface area (TPSA) is 102 Å². The Morgan fingerprint density at radius 3 is 2.64 bits per heavy atom. The third-order valence-electron chi connectivity index (χ3n) is 3.56. The van der Waals surface area contributed by atoms with E-state index in [2.05, 4.69) is 9.71 Å². The molecule has 0 aliphatic rings. The second-order valence-corrected chi connectivity index (χ2v) is 8.77. The molecule has 2 aromatic heterocycles. The van der Waals surface area contributed by atoms with Crippen molar-refractivity contribution in [2.75, 3.05) is 4.72 Å². The van der Waals surface area contributed by atoms with Crippen molar-refractivity contribution in [2.45, 2.75) is 18.7 Å². The first-order valence-corrected chi connectivity index (χ1v) is 9.86. The number of aryl methyl sites for hydroxylation is 2. The highest BCUT2D eigenvalue weighted by Gasteiger charge is 2.22. The number of hydrogen-bond acceptors (Lipinski definition) is 5. The lowest BCUT2D eigenvalue weighted by Gasteiger charge is -2.11. The van der Waals surface area contributed by atoms with Gasteiger partial charge in [0, 0.05) is 21.0 Å². The summed E-state index contributed by atoms with van der Waals surface area (Å²) in [6.07, 6.45) is 0. The van der Waals surface area contributed by atoms with Crippen LogP contribution in [0.3, 0.4) is 0 Å². The standard InChI is InChI=1S/C16H14ClN3O3S2/c1-8-6-12(14-13(15(18)21)9(2)24-16(14)19-8)20-25(22,23)11-5-3-4-10(17)7-11/h3-7H,1-2H3,(H2,18,21)(H,19,20). The summed E-state index contributed by atoms with van der Waals surface area (Å²) in [4.78, 5) is 17.5. The minimum atomic E-state index is -3.89. The van der Waals surface area contributed by atoms with Crippen LogP contribution in [0.25, 0.3) is 10.2 Å². The van der Waals surface area contributed by atoms with E-state index < -0.39 is 15.9 Å². The van der Waals surface area contributed by atoms with Crippen LogP contribution >= 0.6 is 22.9 Å². The van der Waals surface area contributed by atoms with Gasteiger partial charge in [-0.15, -0.1) is 11.3 Å². The molecule has 0 spiro atoms. The number of anilines is 1. The highest BCUT2D eigenvalue weighted by molar-refractivity contribution is 7.92. The predicted molar refractivity (Wildman–Crippen MR) is 99.9 cm³/mol. The number of nitrogens with two attached hydrogens (primary N) is 1. The van der Waals surface area contributed by atoms with Crippen LogP contribution in [-0.2, 0) is 10.0 Å². The van der Waals surface area contributed by atoms with Gasteiger partial charge >= 0.3 is 0 Å². The maximum Gasteiger partial charge on any atom is 0.261 e. The molecule has 3 aromatic rings. The second kappa shape index (κ2) is 6.29. The number of thiophene rings is 1. The van der Waals surface area contributed by atoms with Crippen molar-refractivity contribution in [3.8, 4) is 0 Å². The van der Waals surface area contributed by atoms with E-state index >= 15 is 0 Å². The zero-order valence-electron chi connectivity index (χ0n) is 13.3. The van der Waals surface area contributed by atoms with E-state index in [1.54, 1.807) is 32.0 Å². The number of nitrogens with zero attached hydrogens (tertiary/aromatic N) is 1. The van der Waals surface area contributed by atoms with Crippen LogP contribution in [-0.4, -0.2) is 19.3 Å². The number of aromatic nitrogens is 1. The number of amides is 1. The third-order valence-corrected chi connectivity index (χ3v) is 6.16. The number of primary amides is 1. The lowest BCUT2D eigenvalue weighted by atomic mass is 10.1. The van der Waals surface area contributed by atoms with Crippen LogP contribution in [0.4, 0.5) is 5.69 Å². The fourth-order valence-electron chi connectivity index (χ4n) is 2.55. The zero-order valence-corrected chi connectivity index (χ0v) is 15.7. The molecule has 0 saturated heterocycles.